The summed E-state index contributed by atoms with van der Waals surface area (Å²) in [6, 6.07) is 1.40. The Morgan fingerprint density at radius 3 is 2.50 bits per heavy atom. The van der Waals surface area contributed by atoms with Gasteiger partial charge in [-0.2, -0.15) is 13.2 Å². The van der Waals surface area contributed by atoms with Crippen molar-refractivity contribution in [3.63, 3.8) is 0 Å². The summed E-state index contributed by atoms with van der Waals surface area (Å²) in [5, 5.41) is 3.11. The monoisotopic (exact) mass is 262 g/mol. The van der Waals surface area contributed by atoms with Crippen molar-refractivity contribution in [3.05, 3.63) is 11.9 Å². The fourth-order valence-electron chi connectivity index (χ4n) is 1.69. The SMILES string of the molecule is NNc1cc(N2CCNCC2)nc(C(F)(F)F)n1. The van der Waals surface area contributed by atoms with Gasteiger partial charge in [0, 0.05) is 32.2 Å². The van der Waals surface area contributed by atoms with Crippen molar-refractivity contribution in [1.29, 1.82) is 0 Å². The predicted molar refractivity (Wildman–Crippen MR) is 59.9 cm³/mol. The number of alkyl halides is 3. The first-order valence-corrected chi connectivity index (χ1v) is 5.39. The Balaban J connectivity index is 2.34. The summed E-state index contributed by atoms with van der Waals surface area (Å²) in [7, 11) is 0. The molecule has 0 unspecified atom stereocenters. The Hall–Kier alpha value is -1.61. The summed E-state index contributed by atoms with van der Waals surface area (Å²) in [6.45, 7) is 2.60. The Morgan fingerprint density at radius 2 is 1.94 bits per heavy atom. The van der Waals surface area contributed by atoms with E-state index in [0.717, 1.165) is 0 Å². The van der Waals surface area contributed by atoms with Gasteiger partial charge in [0.25, 0.3) is 0 Å². The molecule has 0 amide bonds. The predicted octanol–water partition coefficient (Wildman–Crippen LogP) is 0.191. The largest absolute Gasteiger partial charge is 0.451 e. The molecule has 2 heterocycles. The molecule has 9 heteroatoms. The van der Waals surface area contributed by atoms with Gasteiger partial charge in [0.15, 0.2) is 0 Å². The van der Waals surface area contributed by atoms with Crippen molar-refractivity contribution in [2.24, 2.45) is 5.84 Å². The number of hydrogen-bond acceptors (Lipinski definition) is 6. The standard InChI is InChI=1S/C9H13F3N6/c10-9(11,12)8-15-6(17-13)5-7(16-8)18-3-1-14-2-4-18/h5,14H,1-4,13H2,(H,15,16,17). The highest BCUT2D eigenvalue weighted by molar-refractivity contribution is 5.49. The van der Waals surface area contributed by atoms with Gasteiger partial charge in [-0.1, -0.05) is 0 Å². The highest BCUT2D eigenvalue weighted by Crippen LogP contribution is 2.29. The summed E-state index contributed by atoms with van der Waals surface area (Å²) in [5.41, 5.74) is 2.13. The van der Waals surface area contributed by atoms with Gasteiger partial charge in [-0.25, -0.2) is 15.8 Å². The Kier molecular flexibility index (Phi) is 3.53. The van der Waals surface area contributed by atoms with Crippen molar-refractivity contribution in [2.45, 2.75) is 6.18 Å². The molecule has 0 aromatic carbocycles. The van der Waals surface area contributed by atoms with Gasteiger partial charge in [-0.05, 0) is 0 Å². The van der Waals surface area contributed by atoms with E-state index in [0.29, 0.717) is 26.2 Å². The number of hydrazine groups is 1. The number of nitrogens with one attached hydrogen (secondary N) is 2. The number of nitrogens with zero attached hydrogens (tertiary/aromatic N) is 3. The molecular formula is C9H13F3N6. The lowest BCUT2D eigenvalue weighted by Gasteiger charge is -2.28. The molecule has 1 aliphatic heterocycles. The van der Waals surface area contributed by atoms with Crippen LogP contribution in [-0.2, 0) is 6.18 Å². The molecule has 0 aliphatic carbocycles. The number of hydrogen-bond donors (Lipinski definition) is 3. The molecule has 1 aromatic heterocycles. The van der Waals surface area contributed by atoms with Crippen LogP contribution in [0.15, 0.2) is 6.07 Å². The van der Waals surface area contributed by atoms with E-state index in [1.54, 1.807) is 4.90 Å². The summed E-state index contributed by atoms with van der Waals surface area (Å²) < 4.78 is 37.9. The zero-order valence-corrected chi connectivity index (χ0v) is 9.46. The third-order valence-electron chi connectivity index (χ3n) is 2.56. The third kappa shape index (κ3) is 2.79. The van der Waals surface area contributed by atoms with Crippen molar-refractivity contribution in [2.75, 3.05) is 36.5 Å². The quantitative estimate of drug-likeness (QED) is 0.521. The van der Waals surface area contributed by atoms with Gasteiger partial charge in [0.05, 0.1) is 0 Å². The summed E-state index contributed by atoms with van der Waals surface area (Å²) in [5.74, 6) is 4.11. The number of aromatic nitrogens is 2. The zero-order valence-electron chi connectivity index (χ0n) is 9.46. The molecule has 2 rings (SSSR count). The minimum absolute atomic E-state index is 0.0501. The average Bonchev–Trinajstić information content (AvgIpc) is 2.38. The van der Waals surface area contributed by atoms with Crippen LogP contribution < -0.4 is 21.5 Å². The normalized spacial score (nSPS) is 16.8. The van der Waals surface area contributed by atoms with Crippen LogP contribution in [0.2, 0.25) is 0 Å². The highest BCUT2D eigenvalue weighted by Gasteiger charge is 2.36. The lowest BCUT2D eigenvalue weighted by molar-refractivity contribution is -0.144. The first-order chi connectivity index (χ1) is 8.50. The smallest absolute Gasteiger partial charge is 0.354 e. The Labute approximate surface area is 101 Å². The molecule has 0 saturated carbocycles. The lowest BCUT2D eigenvalue weighted by Crippen LogP contribution is -2.44. The second-order valence-electron chi connectivity index (χ2n) is 3.81. The number of piperazine rings is 1. The fraction of sp³-hybridized carbons (Fsp3) is 0.556. The van der Waals surface area contributed by atoms with E-state index >= 15 is 0 Å². The molecule has 0 atom stereocenters. The number of anilines is 2. The molecule has 18 heavy (non-hydrogen) atoms. The van der Waals surface area contributed by atoms with Crippen molar-refractivity contribution in [3.8, 4) is 0 Å². The maximum atomic E-state index is 12.6. The Bertz CT molecular complexity index is 415. The van der Waals surface area contributed by atoms with Crippen LogP contribution in [0, 0.1) is 0 Å². The molecule has 100 valence electrons. The second kappa shape index (κ2) is 4.94. The van der Waals surface area contributed by atoms with E-state index < -0.39 is 12.0 Å². The van der Waals surface area contributed by atoms with Gasteiger partial charge in [0.2, 0.25) is 5.82 Å². The van der Waals surface area contributed by atoms with Gasteiger partial charge < -0.3 is 15.6 Å². The van der Waals surface area contributed by atoms with Gasteiger partial charge in [-0.15, -0.1) is 0 Å². The van der Waals surface area contributed by atoms with Gasteiger partial charge >= 0.3 is 6.18 Å². The fourth-order valence-corrected chi connectivity index (χ4v) is 1.69. The van der Waals surface area contributed by atoms with E-state index in [9.17, 15) is 13.2 Å². The first kappa shape index (κ1) is 12.8. The molecular weight excluding hydrogens is 249 g/mol. The number of nitrogens with two attached hydrogens (primary N) is 1. The van der Waals surface area contributed by atoms with Crippen LogP contribution in [0.25, 0.3) is 0 Å². The van der Waals surface area contributed by atoms with Crippen molar-refractivity contribution >= 4 is 11.6 Å². The zero-order chi connectivity index (χ0) is 13.2. The second-order valence-corrected chi connectivity index (χ2v) is 3.81. The van der Waals surface area contributed by atoms with Crippen LogP contribution in [0.1, 0.15) is 5.82 Å². The highest BCUT2D eigenvalue weighted by atomic mass is 19.4. The number of halogens is 3. The minimum Gasteiger partial charge on any atom is -0.354 e. The minimum atomic E-state index is -4.59. The van der Waals surface area contributed by atoms with Crippen molar-refractivity contribution < 1.29 is 13.2 Å². The van der Waals surface area contributed by atoms with E-state index in [1.807, 2.05) is 0 Å². The molecule has 1 saturated heterocycles. The van der Waals surface area contributed by atoms with Crippen LogP contribution in [0.5, 0.6) is 0 Å². The maximum Gasteiger partial charge on any atom is 0.451 e. The van der Waals surface area contributed by atoms with Crippen LogP contribution in [0.4, 0.5) is 24.8 Å². The molecule has 0 spiro atoms. The van der Waals surface area contributed by atoms with Crippen LogP contribution >= 0.6 is 0 Å². The first-order valence-electron chi connectivity index (χ1n) is 5.39. The van der Waals surface area contributed by atoms with Gasteiger partial charge in [-0.3, -0.25) is 0 Å². The van der Waals surface area contributed by atoms with E-state index in [2.05, 4.69) is 20.7 Å². The van der Waals surface area contributed by atoms with E-state index in [4.69, 9.17) is 5.84 Å². The lowest BCUT2D eigenvalue weighted by atomic mass is 10.3. The summed E-state index contributed by atoms with van der Waals surface area (Å²) in [6.07, 6.45) is -4.59. The van der Waals surface area contributed by atoms with E-state index in [1.165, 1.54) is 6.07 Å². The van der Waals surface area contributed by atoms with E-state index in [-0.39, 0.29) is 11.6 Å². The molecule has 4 N–H and O–H groups in total. The molecule has 1 aromatic rings. The Morgan fingerprint density at radius 1 is 1.28 bits per heavy atom. The summed E-state index contributed by atoms with van der Waals surface area (Å²) in [4.78, 5) is 8.60. The molecule has 1 fully saturated rings. The number of rotatable bonds is 2. The molecule has 1 aliphatic rings. The summed E-state index contributed by atoms with van der Waals surface area (Å²) >= 11 is 0. The molecule has 6 nitrogen and oxygen atoms in total. The van der Waals surface area contributed by atoms with Crippen molar-refractivity contribution in [1.82, 2.24) is 15.3 Å². The molecule has 0 radical (unpaired) electrons. The topological polar surface area (TPSA) is 79.1 Å². The molecule has 0 bridgehead atoms. The van der Waals surface area contributed by atoms with Gasteiger partial charge in [0.1, 0.15) is 11.6 Å². The van der Waals surface area contributed by atoms with Crippen LogP contribution in [0.3, 0.4) is 0 Å². The average molecular weight is 262 g/mol. The third-order valence-corrected chi connectivity index (χ3v) is 2.56. The van der Waals surface area contributed by atoms with Crippen LogP contribution in [-0.4, -0.2) is 36.1 Å². The number of nitrogen functional groups attached to an aromatic ring is 1. The maximum absolute atomic E-state index is 12.6.